The highest BCUT2D eigenvalue weighted by Gasteiger charge is 2.30. The zero-order valence-corrected chi connectivity index (χ0v) is 10.6. The lowest BCUT2D eigenvalue weighted by Crippen LogP contribution is -2.11. The molecule has 1 aromatic rings. The van der Waals surface area contributed by atoms with E-state index in [1.54, 1.807) is 0 Å². The molecule has 0 saturated heterocycles. The van der Waals surface area contributed by atoms with Gasteiger partial charge in [0.15, 0.2) is 4.90 Å². The van der Waals surface area contributed by atoms with Crippen molar-refractivity contribution in [1.29, 1.82) is 0 Å². The normalized spacial score (nSPS) is 12.3. The lowest BCUT2D eigenvalue weighted by molar-refractivity contribution is 0.429. The predicted molar refractivity (Wildman–Crippen MR) is 61.6 cm³/mol. The number of rotatable bonds is 4. The second-order valence-corrected chi connectivity index (χ2v) is 6.06. The van der Waals surface area contributed by atoms with Crippen LogP contribution < -0.4 is 0 Å². The molecule has 3 N–H and O–H groups in total. The van der Waals surface area contributed by atoms with Crippen molar-refractivity contribution in [2.45, 2.75) is 16.2 Å². The Hall–Kier alpha value is -1.42. The third-order valence-corrected chi connectivity index (χ3v) is 4.09. The maximum Gasteiger partial charge on any atom is 0.299 e. The average Bonchev–Trinajstić information content (AvgIpc) is 2.17. The van der Waals surface area contributed by atoms with E-state index in [-0.39, 0.29) is 12.0 Å². The van der Waals surface area contributed by atoms with Gasteiger partial charge in [0.05, 0.1) is 0 Å². The summed E-state index contributed by atoms with van der Waals surface area (Å²) in [4.78, 5) is -2.30. The summed E-state index contributed by atoms with van der Waals surface area (Å²) in [7, 11) is -9.95. The van der Waals surface area contributed by atoms with Gasteiger partial charge < -0.3 is 5.11 Å². The van der Waals surface area contributed by atoms with Crippen molar-refractivity contribution in [3.8, 4) is 5.75 Å². The molecule has 0 saturated carbocycles. The molecule has 0 atom stereocenters. The highest BCUT2D eigenvalue weighted by atomic mass is 32.2. The van der Waals surface area contributed by atoms with Crippen LogP contribution in [0.5, 0.6) is 5.75 Å². The molecule has 0 fully saturated rings. The zero-order valence-electron chi connectivity index (χ0n) is 8.94. The van der Waals surface area contributed by atoms with Crippen LogP contribution in [0.25, 0.3) is 0 Å². The Bertz CT molecular complexity index is 686. The molecular formula is C9H10O7S2. The van der Waals surface area contributed by atoms with Crippen molar-refractivity contribution in [2.24, 2.45) is 0 Å². The first kappa shape index (κ1) is 14.6. The van der Waals surface area contributed by atoms with Crippen LogP contribution in [0, 0.1) is 0 Å². The molecule has 0 heterocycles. The fraction of sp³-hybridized carbons (Fsp3) is 0.111. The molecule has 0 aliphatic rings. The van der Waals surface area contributed by atoms with Crippen molar-refractivity contribution >= 4 is 20.2 Å². The van der Waals surface area contributed by atoms with Crippen LogP contribution in [0.3, 0.4) is 0 Å². The number of benzene rings is 1. The molecule has 0 radical (unpaired) electrons. The van der Waals surface area contributed by atoms with Gasteiger partial charge in [-0.2, -0.15) is 16.8 Å². The van der Waals surface area contributed by atoms with E-state index >= 15 is 0 Å². The van der Waals surface area contributed by atoms with Gasteiger partial charge in [0.2, 0.25) is 0 Å². The number of hydrogen-bond donors (Lipinski definition) is 3. The molecule has 0 amide bonds. The minimum absolute atomic E-state index is 0.0715. The zero-order chi connectivity index (χ0) is 14.1. The van der Waals surface area contributed by atoms with Gasteiger partial charge in [0.25, 0.3) is 20.2 Å². The van der Waals surface area contributed by atoms with Crippen LogP contribution in [0.2, 0.25) is 0 Å². The standard InChI is InChI=1S/C9H10O7S2/c1-2-3-6-4-5-7(10)9(18(14,15)16)8(6)17(11,12)13/h2,4-5,10H,1,3H2,(H,11,12,13)(H,14,15,16). The summed E-state index contributed by atoms with van der Waals surface area (Å²) >= 11 is 0. The molecule has 0 aliphatic heterocycles. The van der Waals surface area contributed by atoms with E-state index in [4.69, 9.17) is 9.11 Å². The Morgan fingerprint density at radius 3 is 1.94 bits per heavy atom. The molecule has 0 aliphatic carbocycles. The van der Waals surface area contributed by atoms with Crippen LogP contribution >= 0.6 is 0 Å². The minimum atomic E-state index is -5.01. The fourth-order valence-corrected chi connectivity index (χ4v) is 3.59. The van der Waals surface area contributed by atoms with Crippen LogP contribution in [-0.4, -0.2) is 31.0 Å². The predicted octanol–water partition coefficient (Wildman–Crippen LogP) is 0.614. The number of phenols is 1. The van der Waals surface area contributed by atoms with Crippen molar-refractivity contribution in [1.82, 2.24) is 0 Å². The Labute approximate surface area is 104 Å². The summed E-state index contributed by atoms with van der Waals surface area (Å²) in [6, 6.07) is 2.01. The number of aromatic hydroxyl groups is 1. The monoisotopic (exact) mass is 294 g/mol. The van der Waals surface area contributed by atoms with E-state index in [0.717, 1.165) is 12.1 Å². The second kappa shape index (κ2) is 4.69. The van der Waals surface area contributed by atoms with Crippen LogP contribution in [0.4, 0.5) is 0 Å². The summed E-state index contributed by atoms with van der Waals surface area (Å²) in [5.41, 5.74) is -0.113. The van der Waals surface area contributed by atoms with E-state index in [2.05, 4.69) is 6.58 Å². The minimum Gasteiger partial charge on any atom is -0.506 e. The Balaban J connectivity index is 3.90. The highest BCUT2D eigenvalue weighted by molar-refractivity contribution is 7.89. The summed E-state index contributed by atoms with van der Waals surface area (Å²) < 4.78 is 62.4. The Kier molecular flexibility index (Phi) is 3.81. The van der Waals surface area contributed by atoms with Crippen LogP contribution in [-0.2, 0) is 26.7 Å². The third kappa shape index (κ3) is 2.88. The number of phenolic OH excluding ortho intramolecular Hbond substituents is 1. The quantitative estimate of drug-likeness (QED) is 0.548. The van der Waals surface area contributed by atoms with Gasteiger partial charge >= 0.3 is 0 Å². The molecular weight excluding hydrogens is 284 g/mol. The lowest BCUT2D eigenvalue weighted by Gasteiger charge is -2.10. The van der Waals surface area contributed by atoms with Gasteiger partial charge in [-0.1, -0.05) is 12.1 Å². The molecule has 0 unspecified atom stereocenters. The van der Waals surface area contributed by atoms with Crippen molar-refractivity contribution < 1.29 is 31.0 Å². The van der Waals surface area contributed by atoms with Crippen molar-refractivity contribution in [2.75, 3.05) is 0 Å². The van der Waals surface area contributed by atoms with Crippen LogP contribution in [0.1, 0.15) is 5.56 Å². The van der Waals surface area contributed by atoms with Crippen molar-refractivity contribution in [3.05, 3.63) is 30.4 Å². The molecule has 1 aromatic carbocycles. The van der Waals surface area contributed by atoms with Gasteiger partial charge in [0, 0.05) is 0 Å². The van der Waals surface area contributed by atoms with E-state index < -0.39 is 35.8 Å². The Morgan fingerprint density at radius 2 is 1.56 bits per heavy atom. The molecule has 7 nitrogen and oxygen atoms in total. The van der Waals surface area contributed by atoms with E-state index in [9.17, 15) is 21.9 Å². The first-order chi connectivity index (χ1) is 8.09. The molecule has 1 rings (SSSR count). The first-order valence-corrected chi connectivity index (χ1v) is 7.37. The highest BCUT2D eigenvalue weighted by Crippen LogP contribution is 2.32. The lowest BCUT2D eigenvalue weighted by atomic mass is 10.1. The van der Waals surface area contributed by atoms with Gasteiger partial charge in [-0.15, -0.1) is 6.58 Å². The molecule has 100 valence electrons. The smallest absolute Gasteiger partial charge is 0.299 e. The second-order valence-electron chi connectivity index (χ2n) is 3.34. The van der Waals surface area contributed by atoms with Gasteiger partial charge in [-0.25, -0.2) is 0 Å². The molecule has 0 aromatic heterocycles. The number of hydrogen-bond acceptors (Lipinski definition) is 5. The first-order valence-electron chi connectivity index (χ1n) is 4.49. The summed E-state index contributed by atoms with van der Waals surface area (Å²) in [6.07, 6.45) is 1.20. The maximum absolute atomic E-state index is 11.2. The number of allylic oxidation sites excluding steroid dienone is 1. The van der Waals surface area contributed by atoms with E-state index in [0.29, 0.717) is 0 Å². The largest absolute Gasteiger partial charge is 0.506 e. The third-order valence-electron chi connectivity index (χ3n) is 2.05. The maximum atomic E-state index is 11.2. The average molecular weight is 294 g/mol. The van der Waals surface area contributed by atoms with Gasteiger partial charge in [-0.05, 0) is 18.1 Å². The topological polar surface area (TPSA) is 129 Å². The van der Waals surface area contributed by atoms with Gasteiger partial charge in [0.1, 0.15) is 10.6 Å². The fourth-order valence-electron chi connectivity index (χ4n) is 1.44. The summed E-state index contributed by atoms with van der Waals surface area (Å²) in [5, 5.41) is 9.34. The van der Waals surface area contributed by atoms with E-state index in [1.807, 2.05) is 0 Å². The van der Waals surface area contributed by atoms with Crippen LogP contribution in [0.15, 0.2) is 34.6 Å². The Morgan fingerprint density at radius 1 is 1.06 bits per heavy atom. The van der Waals surface area contributed by atoms with E-state index in [1.165, 1.54) is 6.08 Å². The molecule has 0 spiro atoms. The molecule has 0 bridgehead atoms. The summed E-state index contributed by atoms with van der Waals surface area (Å²) in [5.74, 6) is -0.974. The summed E-state index contributed by atoms with van der Waals surface area (Å²) in [6.45, 7) is 3.34. The SMILES string of the molecule is C=CCc1ccc(O)c(S(=O)(=O)O)c1S(=O)(=O)O. The molecule has 9 heteroatoms. The van der Waals surface area contributed by atoms with Gasteiger partial charge in [-0.3, -0.25) is 9.11 Å². The van der Waals surface area contributed by atoms with Crippen molar-refractivity contribution in [3.63, 3.8) is 0 Å². The molecule has 18 heavy (non-hydrogen) atoms.